The molecule has 0 saturated carbocycles. The third-order valence-corrected chi connectivity index (χ3v) is 2.36. The summed E-state index contributed by atoms with van der Waals surface area (Å²) in [5, 5.41) is 0.614. The predicted molar refractivity (Wildman–Crippen MR) is 58.3 cm³/mol. The Balaban J connectivity index is 2.39. The van der Waals surface area contributed by atoms with Crippen molar-refractivity contribution in [2.45, 2.75) is 20.0 Å². The lowest BCUT2D eigenvalue weighted by atomic mass is 10.1. The van der Waals surface area contributed by atoms with Crippen molar-refractivity contribution in [2.75, 3.05) is 0 Å². The van der Waals surface area contributed by atoms with Crippen molar-refractivity contribution in [3.63, 3.8) is 0 Å². The van der Waals surface area contributed by atoms with Gasteiger partial charge in [0.2, 0.25) is 5.90 Å². The topological polar surface area (TPSA) is 38.7 Å². The summed E-state index contributed by atoms with van der Waals surface area (Å²) in [7, 11) is 0. The van der Waals surface area contributed by atoms with Crippen LogP contribution in [0.2, 0.25) is 5.02 Å². The molecule has 1 unspecified atom stereocenters. The number of hydrogen-bond acceptors (Lipinski definition) is 2. The first-order valence-corrected chi connectivity index (χ1v) is 5.01. The van der Waals surface area contributed by atoms with Gasteiger partial charge in [-0.1, -0.05) is 11.6 Å². The minimum atomic E-state index is -0.487. The minimum Gasteiger partial charge on any atom is -0.464 e. The fourth-order valence-corrected chi connectivity index (χ4v) is 1.72. The van der Waals surface area contributed by atoms with Crippen LogP contribution in [-0.4, -0.2) is 17.9 Å². The Morgan fingerprint density at radius 3 is 2.67 bits per heavy atom. The van der Waals surface area contributed by atoms with Gasteiger partial charge in [0.05, 0.1) is 0 Å². The molecule has 0 saturated heterocycles. The maximum atomic E-state index is 11.2. The summed E-state index contributed by atoms with van der Waals surface area (Å²) < 4.78 is 5.31. The summed E-state index contributed by atoms with van der Waals surface area (Å²) in [4.78, 5) is 15.0. The Kier molecular flexibility index (Phi) is 2.49. The third-order valence-electron chi connectivity index (χ3n) is 2.14. The third kappa shape index (κ3) is 2.02. The van der Waals surface area contributed by atoms with Gasteiger partial charge in [0, 0.05) is 10.6 Å². The van der Waals surface area contributed by atoms with Gasteiger partial charge in [-0.2, -0.15) is 4.99 Å². The number of ether oxygens (including phenoxy) is 1. The number of rotatable bonds is 1. The molecule has 1 aromatic carbocycles. The molecule has 0 aliphatic carbocycles. The van der Waals surface area contributed by atoms with Crippen molar-refractivity contribution < 1.29 is 9.53 Å². The van der Waals surface area contributed by atoms with Gasteiger partial charge in [0.1, 0.15) is 0 Å². The number of nitrogens with zero attached hydrogens (tertiary/aromatic N) is 1. The van der Waals surface area contributed by atoms with Crippen LogP contribution in [0, 0.1) is 6.92 Å². The van der Waals surface area contributed by atoms with Crippen molar-refractivity contribution in [1.29, 1.82) is 0 Å². The summed E-state index contributed by atoms with van der Waals surface area (Å²) in [5.41, 5.74) is 1.76. The molecule has 0 aromatic heterocycles. The molecule has 1 aliphatic heterocycles. The van der Waals surface area contributed by atoms with Crippen LogP contribution < -0.4 is 0 Å². The van der Waals surface area contributed by atoms with Crippen LogP contribution in [-0.2, 0) is 9.53 Å². The standard InChI is InChI=1S/C11H10ClNO2/c1-6-3-8(5-9(12)4-6)11-13-10(14)7(2)15-11/h3-5,7H,1-2H3. The highest BCUT2D eigenvalue weighted by Gasteiger charge is 2.25. The lowest BCUT2D eigenvalue weighted by molar-refractivity contribution is -0.121. The molecule has 0 N–H and O–H groups in total. The number of amides is 1. The van der Waals surface area contributed by atoms with Gasteiger partial charge in [0.15, 0.2) is 6.10 Å². The highest BCUT2D eigenvalue weighted by atomic mass is 35.5. The Hall–Kier alpha value is -1.35. The van der Waals surface area contributed by atoms with Gasteiger partial charge >= 0.3 is 0 Å². The zero-order valence-electron chi connectivity index (χ0n) is 8.45. The fourth-order valence-electron chi connectivity index (χ4n) is 1.43. The lowest BCUT2D eigenvalue weighted by Gasteiger charge is -2.05. The summed E-state index contributed by atoms with van der Waals surface area (Å²) in [6.07, 6.45) is -0.487. The highest BCUT2D eigenvalue weighted by molar-refractivity contribution is 6.31. The van der Waals surface area contributed by atoms with E-state index in [-0.39, 0.29) is 5.91 Å². The molecular formula is C11H10ClNO2. The van der Waals surface area contributed by atoms with E-state index in [0.717, 1.165) is 11.1 Å². The Morgan fingerprint density at radius 2 is 2.13 bits per heavy atom. The number of carbonyl (C=O) groups excluding carboxylic acids is 1. The van der Waals surface area contributed by atoms with E-state index >= 15 is 0 Å². The second-order valence-electron chi connectivity index (χ2n) is 3.53. The maximum Gasteiger partial charge on any atom is 0.289 e. The van der Waals surface area contributed by atoms with Crippen molar-refractivity contribution in [2.24, 2.45) is 4.99 Å². The Bertz CT molecular complexity index is 434. The number of benzene rings is 1. The van der Waals surface area contributed by atoms with Crippen LogP contribution in [0.15, 0.2) is 23.2 Å². The van der Waals surface area contributed by atoms with E-state index in [1.807, 2.05) is 19.1 Å². The van der Waals surface area contributed by atoms with Gasteiger partial charge in [-0.05, 0) is 37.6 Å². The van der Waals surface area contributed by atoms with Crippen molar-refractivity contribution in [3.05, 3.63) is 34.3 Å². The molecule has 0 fully saturated rings. The molecule has 1 heterocycles. The van der Waals surface area contributed by atoms with Crippen molar-refractivity contribution in [1.82, 2.24) is 0 Å². The average molecular weight is 224 g/mol. The summed E-state index contributed by atoms with van der Waals surface area (Å²) >= 11 is 5.91. The summed E-state index contributed by atoms with van der Waals surface area (Å²) in [6.45, 7) is 3.60. The Labute approximate surface area is 92.7 Å². The van der Waals surface area contributed by atoms with Crippen LogP contribution >= 0.6 is 11.6 Å². The van der Waals surface area contributed by atoms with Crippen LogP contribution in [0.4, 0.5) is 0 Å². The molecule has 1 aliphatic rings. The lowest BCUT2D eigenvalue weighted by Crippen LogP contribution is -2.12. The van der Waals surface area contributed by atoms with Gasteiger partial charge in [-0.15, -0.1) is 0 Å². The molecule has 0 radical (unpaired) electrons. The Morgan fingerprint density at radius 1 is 1.40 bits per heavy atom. The van der Waals surface area contributed by atoms with Crippen molar-refractivity contribution in [3.8, 4) is 0 Å². The number of aryl methyl sites for hydroxylation is 1. The normalized spacial score (nSPS) is 20.1. The van der Waals surface area contributed by atoms with E-state index in [9.17, 15) is 4.79 Å². The second kappa shape index (κ2) is 3.66. The molecule has 15 heavy (non-hydrogen) atoms. The van der Waals surface area contributed by atoms with E-state index in [2.05, 4.69) is 4.99 Å². The van der Waals surface area contributed by atoms with Crippen LogP contribution in [0.1, 0.15) is 18.1 Å². The number of carbonyl (C=O) groups is 1. The maximum absolute atomic E-state index is 11.2. The number of aliphatic imine (C=N–C) groups is 1. The van der Waals surface area contributed by atoms with Crippen LogP contribution in [0.3, 0.4) is 0 Å². The van der Waals surface area contributed by atoms with Gasteiger partial charge in [0.25, 0.3) is 5.91 Å². The predicted octanol–water partition coefficient (Wildman–Crippen LogP) is 2.34. The van der Waals surface area contributed by atoms with Crippen LogP contribution in [0.5, 0.6) is 0 Å². The first-order valence-electron chi connectivity index (χ1n) is 4.63. The first-order chi connectivity index (χ1) is 7.06. The molecule has 1 atom stereocenters. The molecule has 3 nitrogen and oxygen atoms in total. The van der Waals surface area contributed by atoms with E-state index in [1.165, 1.54) is 0 Å². The van der Waals surface area contributed by atoms with Gasteiger partial charge < -0.3 is 4.74 Å². The van der Waals surface area contributed by atoms with E-state index in [1.54, 1.807) is 13.0 Å². The zero-order valence-corrected chi connectivity index (χ0v) is 9.21. The number of hydrogen-bond donors (Lipinski definition) is 0. The monoisotopic (exact) mass is 223 g/mol. The number of halogens is 1. The highest BCUT2D eigenvalue weighted by Crippen LogP contribution is 2.19. The molecule has 78 valence electrons. The SMILES string of the molecule is Cc1cc(Cl)cc(C2=NC(=O)C(C)O2)c1. The molecule has 1 amide bonds. The molecule has 1 aromatic rings. The van der Waals surface area contributed by atoms with Crippen LogP contribution in [0.25, 0.3) is 0 Å². The van der Waals surface area contributed by atoms with E-state index in [0.29, 0.717) is 10.9 Å². The smallest absolute Gasteiger partial charge is 0.289 e. The molecule has 0 spiro atoms. The minimum absolute atomic E-state index is 0.248. The molecule has 4 heteroatoms. The zero-order chi connectivity index (χ0) is 11.0. The van der Waals surface area contributed by atoms with Gasteiger partial charge in [-0.3, -0.25) is 4.79 Å². The van der Waals surface area contributed by atoms with Gasteiger partial charge in [-0.25, -0.2) is 0 Å². The van der Waals surface area contributed by atoms with E-state index < -0.39 is 6.10 Å². The summed E-state index contributed by atoms with van der Waals surface area (Å²) in [6, 6.07) is 5.46. The van der Waals surface area contributed by atoms with Crippen molar-refractivity contribution >= 4 is 23.4 Å². The first kappa shape index (κ1) is 10.2. The largest absolute Gasteiger partial charge is 0.464 e. The second-order valence-corrected chi connectivity index (χ2v) is 3.97. The quantitative estimate of drug-likeness (QED) is 0.733. The molecule has 2 rings (SSSR count). The molecule has 0 bridgehead atoms. The fraction of sp³-hybridized carbons (Fsp3) is 0.273. The molecular weight excluding hydrogens is 214 g/mol. The summed E-state index contributed by atoms with van der Waals surface area (Å²) in [5.74, 6) is 0.112. The van der Waals surface area contributed by atoms with E-state index in [4.69, 9.17) is 16.3 Å². The average Bonchev–Trinajstić information content (AvgIpc) is 2.45.